The number of hydrogen-bond acceptors (Lipinski definition) is 0. The van der Waals surface area contributed by atoms with Gasteiger partial charge in [0.25, 0.3) is 0 Å². The smallest absolute Gasteiger partial charge is 0.165 e. The molecule has 15 heavy (non-hydrogen) atoms. The Morgan fingerprint density at radius 1 is 0.933 bits per heavy atom. The minimum Gasteiger partial charge on any atom is -0.203 e. The van der Waals surface area contributed by atoms with Gasteiger partial charge in [0, 0.05) is 11.1 Å². The standard InChI is InChI=1S/C11H12F4/c1-4-5(2)7-10(14)8(12)6(3)9(13)11(7)15/h5H,4H2,1-3H3. The Bertz CT molecular complexity index is 356. The van der Waals surface area contributed by atoms with Crippen molar-refractivity contribution in [3.05, 3.63) is 34.4 Å². The van der Waals surface area contributed by atoms with Gasteiger partial charge < -0.3 is 0 Å². The maximum atomic E-state index is 13.4. The van der Waals surface area contributed by atoms with E-state index in [2.05, 4.69) is 0 Å². The van der Waals surface area contributed by atoms with E-state index in [0.717, 1.165) is 6.92 Å². The number of rotatable bonds is 2. The molecule has 0 saturated heterocycles. The maximum Gasteiger partial charge on any atom is 0.165 e. The van der Waals surface area contributed by atoms with E-state index in [4.69, 9.17) is 0 Å². The van der Waals surface area contributed by atoms with E-state index >= 15 is 0 Å². The second-order valence-corrected chi connectivity index (χ2v) is 3.60. The summed E-state index contributed by atoms with van der Waals surface area (Å²) < 4.78 is 53.0. The van der Waals surface area contributed by atoms with E-state index < -0.39 is 40.3 Å². The molecule has 1 aromatic rings. The van der Waals surface area contributed by atoms with Gasteiger partial charge in [-0.15, -0.1) is 0 Å². The normalized spacial score (nSPS) is 13.0. The molecule has 1 unspecified atom stereocenters. The lowest BCUT2D eigenvalue weighted by Gasteiger charge is -2.14. The Kier molecular flexibility index (Phi) is 3.37. The van der Waals surface area contributed by atoms with Crippen LogP contribution in [0.3, 0.4) is 0 Å². The SMILES string of the molecule is CCC(C)c1c(F)c(F)c(C)c(F)c1F. The predicted molar refractivity (Wildman–Crippen MR) is 49.7 cm³/mol. The van der Waals surface area contributed by atoms with E-state index in [0.29, 0.717) is 6.42 Å². The molecule has 0 aliphatic heterocycles. The van der Waals surface area contributed by atoms with Gasteiger partial charge in [0.05, 0.1) is 0 Å². The second kappa shape index (κ2) is 4.21. The van der Waals surface area contributed by atoms with Crippen molar-refractivity contribution in [3.63, 3.8) is 0 Å². The fraction of sp³-hybridized carbons (Fsp3) is 0.455. The molecule has 0 fully saturated rings. The van der Waals surface area contributed by atoms with Gasteiger partial charge in [-0.25, -0.2) is 17.6 Å². The first-order valence-electron chi connectivity index (χ1n) is 4.74. The summed E-state index contributed by atoms with van der Waals surface area (Å²) in [6, 6.07) is 0. The average molecular weight is 220 g/mol. The minimum absolute atomic E-state index is 0.412. The van der Waals surface area contributed by atoms with Crippen LogP contribution in [-0.2, 0) is 0 Å². The van der Waals surface area contributed by atoms with Gasteiger partial charge in [-0.1, -0.05) is 13.8 Å². The van der Waals surface area contributed by atoms with Crippen LogP contribution in [0.1, 0.15) is 37.3 Å². The van der Waals surface area contributed by atoms with Crippen LogP contribution in [0.25, 0.3) is 0 Å². The van der Waals surface area contributed by atoms with Crippen LogP contribution in [0.2, 0.25) is 0 Å². The van der Waals surface area contributed by atoms with Crippen LogP contribution < -0.4 is 0 Å². The summed E-state index contributed by atoms with van der Waals surface area (Å²) in [4.78, 5) is 0. The topological polar surface area (TPSA) is 0 Å². The molecule has 0 aliphatic carbocycles. The zero-order valence-electron chi connectivity index (χ0n) is 8.80. The average Bonchev–Trinajstić information content (AvgIpc) is 2.23. The van der Waals surface area contributed by atoms with Crippen LogP contribution in [-0.4, -0.2) is 0 Å². The van der Waals surface area contributed by atoms with Crippen molar-refractivity contribution in [2.45, 2.75) is 33.1 Å². The molecular formula is C11H12F4. The molecule has 1 atom stereocenters. The molecule has 1 rings (SSSR count). The third-order valence-electron chi connectivity index (χ3n) is 2.62. The fourth-order valence-electron chi connectivity index (χ4n) is 1.40. The van der Waals surface area contributed by atoms with E-state index in [-0.39, 0.29) is 0 Å². The lowest BCUT2D eigenvalue weighted by atomic mass is 9.95. The molecule has 0 N–H and O–H groups in total. The monoisotopic (exact) mass is 220 g/mol. The highest BCUT2D eigenvalue weighted by Gasteiger charge is 2.25. The highest BCUT2D eigenvalue weighted by molar-refractivity contribution is 5.31. The van der Waals surface area contributed by atoms with E-state index in [1.807, 2.05) is 0 Å². The lowest BCUT2D eigenvalue weighted by Crippen LogP contribution is -2.08. The fourth-order valence-corrected chi connectivity index (χ4v) is 1.40. The summed E-state index contributed by atoms with van der Waals surface area (Å²) in [7, 11) is 0. The quantitative estimate of drug-likeness (QED) is 0.520. The van der Waals surface area contributed by atoms with Crippen LogP contribution in [0.4, 0.5) is 17.6 Å². The van der Waals surface area contributed by atoms with E-state index in [9.17, 15) is 17.6 Å². The third-order valence-corrected chi connectivity index (χ3v) is 2.62. The lowest BCUT2D eigenvalue weighted by molar-refractivity contribution is 0.420. The molecule has 0 nitrogen and oxygen atoms in total. The molecule has 0 heterocycles. The van der Waals surface area contributed by atoms with Gasteiger partial charge in [-0.05, 0) is 19.3 Å². The third kappa shape index (κ3) is 1.85. The first-order chi connectivity index (χ1) is 6.91. The number of halogens is 4. The molecule has 1 aromatic carbocycles. The first kappa shape index (κ1) is 12.0. The van der Waals surface area contributed by atoms with Gasteiger partial charge in [0.2, 0.25) is 0 Å². The molecule has 0 radical (unpaired) electrons. The Morgan fingerprint density at radius 3 is 1.67 bits per heavy atom. The van der Waals surface area contributed by atoms with Crippen LogP contribution in [0.15, 0.2) is 0 Å². The Morgan fingerprint density at radius 2 is 1.33 bits per heavy atom. The van der Waals surface area contributed by atoms with Crippen LogP contribution in [0.5, 0.6) is 0 Å². The number of benzene rings is 1. The van der Waals surface area contributed by atoms with Crippen molar-refractivity contribution < 1.29 is 17.6 Å². The van der Waals surface area contributed by atoms with Gasteiger partial charge in [0.15, 0.2) is 23.3 Å². The van der Waals surface area contributed by atoms with Crippen molar-refractivity contribution in [2.75, 3.05) is 0 Å². The van der Waals surface area contributed by atoms with Crippen molar-refractivity contribution in [1.29, 1.82) is 0 Å². The summed E-state index contributed by atoms with van der Waals surface area (Å²) in [5.41, 5.74) is -1.12. The summed E-state index contributed by atoms with van der Waals surface area (Å²) in [5.74, 6) is -5.70. The van der Waals surface area contributed by atoms with Gasteiger partial charge >= 0.3 is 0 Å². The van der Waals surface area contributed by atoms with E-state index in [1.165, 1.54) is 6.92 Å². The second-order valence-electron chi connectivity index (χ2n) is 3.60. The highest BCUT2D eigenvalue weighted by Crippen LogP contribution is 2.30. The summed E-state index contributed by atoms with van der Waals surface area (Å²) in [6.45, 7) is 4.23. The summed E-state index contributed by atoms with van der Waals surface area (Å²) in [5, 5.41) is 0. The summed E-state index contributed by atoms with van der Waals surface area (Å²) >= 11 is 0. The highest BCUT2D eigenvalue weighted by atomic mass is 19.2. The zero-order chi connectivity index (χ0) is 11.7. The predicted octanol–water partition coefficient (Wildman–Crippen LogP) is 4.06. The Balaban J connectivity index is 3.52. The summed E-state index contributed by atoms with van der Waals surface area (Å²) in [6.07, 6.45) is 0.412. The van der Waals surface area contributed by atoms with Gasteiger partial charge in [-0.3, -0.25) is 0 Å². The molecule has 0 bridgehead atoms. The van der Waals surface area contributed by atoms with E-state index in [1.54, 1.807) is 6.92 Å². The van der Waals surface area contributed by atoms with Crippen molar-refractivity contribution >= 4 is 0 Å². The largest absolute Gasteiger partial charge is 0.203 e. The Hall–Kier alpha value is -1.06. The molecule has 84 valence electrons. The first-order valence-corrected chi connectivity index (χ1v) is 4.74. The van der Waals surface area contributed by atoms with Crippen LogP contribution in [0, 0.1) is 30.2 Å². The van der Waals surface area contributed by atoms with Crippen LogP contribution >= 0.6 is 0 Å². The zero-order valence-corrected chi connectivity index (χ0v) is 8.80. The molecule has 0 aliphatic rings. The molecule has 0 amide bonds. The van der Waals surface area contributed by atoms with Crippen molar-refractivity contribution in [2.24, 2.45) is 0 Å². The van der Waals surface area contributed by atoms with Crippen molar-refractivity contribution in [3.8, 4) is 0 Å². The van der Waals surface area contributed by atoms with Crippen molar-refractivity contribution in [1.82, 2.24) is 0 Å². The molecule has 4 heteroatoms. The number of hydrogen-bond donors (Lipinski definition) is 0. The molecule has 0 spiro atoms. The molecular weight excluding hydrogens is 208 g/mol. The van der Waals surface area contributed by atoms with Gasteiger partial charge in [-0.2, -0.15) is 0 Å². The maximum absolute atomic E-state index is 13.4. The Labute approximate surface area is 85.9 Å². The molecule has 0 saturated carbocycles. The molecule has 0 aromatic heterocycles. The minimum atomic E-state index is -1.30. The van der Waals surface area contributed by atoms with Gasteiger partial charge in [0.1, 0.15) is 0 Å².